The lowest BCUT2D eigenvalue weighted by molar-refractivity contribution is 0.177. The number of hydrogen-bond acceptors (Lipinski definition) is 3. The molecule has 2 N–H and O–H groups in total. The maximum absolute atomic E-state index is 6.19. The van der Waals surface area contributed by atoms with Crippen LogP contribution >= 0.6 is 0 Å². The van der Waals surface area contributed by atoms with Crippen molar-refractivity contribution in [3.8, 4) is 0 Å². The molecule has 18 heavy (non-hydrogen) atoms. The zero-order valence-electron chi connectivity index (χ0n) is 11.1. The predicted octanol–water partition coefficient (Wildman–Crippen LogP) is 1.50. The van der Waals surface area contributed by atoms with Gasteiger partial charge in [-0.15, -0.1) is 0 Å². The van der Waals surface area contributed by atoms with E-state index in [1.54, 1.807) is 0 Å². The van der Waals surface area contributed by atoms with Crippen molar-refractivity contribution in [2.75, 3.05) is 13.2 Å². The molecular weight excluding hydrogens is 226 g/mol. The minimum atomic E-state index is -0.193. The molecule has 96 valence electrons. The standard InChI is InChI=1S/C14H19N3O/c1-9-4-5-11-10(6-9)16-13(17(11)3)14(2)8-18-7-12(14)15/h4-6,12H,7-8,15H2,1-3H3. The predicted molar refractivity (Wildman–Crippen MR) is 71.6 cm³/mol. The van der Waals surface area contributed by atoms with Gasteiger partial charge in [-0.3, -0.25) is 0 Å². The number of benzene rings is 1. The van der Waals surface area contributed by atoms with Crippen LogP contribution in [0.15, 0.2) is 18.2 Å². The molecule has 0 bridgehead atoms. The molecular formula is C14H19N3O. The van der Waals surface area contributed by atoms with Crippen LogP contribution in [0.3, 0.4) is 0 Å². The van der Waals surface area contributed by atoms with Crippen molar-refractivity contribution in [2.45, 2.75) is 25.3 Å². The fourth-order valence-electron chi connectivity index (χ4n) is 2.74. The van der Waals surface area contributed by atoms with E-state index in [9.17, 15) is 0 Å². The first-order valence-corrected chi connectivity index (χ1v) is 6.29. The highest BCUT2D eigenvalue weighted by Crippen LogP contribution is 2.33. The molecule has 2 heterocycles. The first-order valence-electron chi connectivity index (χ1n) is 6.29. The number of rotatable bonds is 1. The van der Waals surface area contributed by atoms with Gasteiger partial charge in [0.1, 0.15) is 5.82 Å². The van der Waals surface area contributed by atoms with Crippen molar-refractivity contribution < 1.29 is 4.74 Å². The molecule has 0 amide bonds. The highest BCUT2D eigenvalue weighted by molar-refractivity contribution is 5.77. The lowest BCUT2D eigenvalue weighted by Gasteiger charge is -2.26. The number of imidazole rings is 1. The Balaban J connectivity index is 2.21. The summed E-state index contributed by atoms with van der Waals surface area (Å²) in [5.41, 5.74) is 9.40. The highest BCUT2D eigenvalue weighted by atomic mass is 16.5. The van der Waals surface area contributed by atoms with E-state index in [-0.39, 0.29) is 11.5 Å². The average Bonchev–Trinajstić information content (AvgIpc) is 2.82. The third kappa shape index (κ3) is 1.49. The number of hydrogen-bond donors (Lipinski definition) is 1. The van der Waals surface area contributed by atoms with Crippen molar-refractivity contribution >= 4 is 11.0 Å². The Morgan fingerprint density at radius 2 is 2.28 bits per heavy atom. The topological polar surface area (TPSA) is 53.1 Å². The van der Waals surface area contributed by atoms with Crippen LogP contribution in [0.1, 0.15) is 18.3 Å². The van der Waals surface area contributed by atoms with Crippen LogP contribution < -0.4 is 5.73 Å². The first kappa shape index (κ1) is 11.7. The summed E-state index contributed by atoms with van der Waals surface area (Å²) in [6.07, 6.45) is 0. The number of nitrogens with two attached hydrogens (primary N) is 1. The van der Waals surface area contributed by atoms with E-state index in [0.29, 0.717) is 13.2 Å². The number of nitrogens with zero attached hydrogens (tertiary/aromatic N) is 2. The number of aromatic nitrogens is 2. The maximum Gasteiger partial charge on any atom is 0.119 e. The van der Waals surface area contributed by atoms with Gasteiger partial charge in [-0.05, 0) is 31.5 Å². The third-order valence-electron chi connectivity index (χ3n) is 4.06. The molecule has 0 aliphatic carbocycles. The van der Waals surface area contributed by atoms with Gasteiger partial charge >= 0.3 is 0 Å². The number of ether oxygens (including phenoxy) is 1. The SMILES string of the molecule is Cc1ccc2c(c1)nc(C1(C)COCC1N)n2C. The summed E-state index contributed by atoms with van der Waals surface area (Å²) < 4.78 is 7.67. The lowest BCUT2D eigenvalue weighted by Crippen LogP contribution is -2.43. The van der Waals surface area contributed by atoms with Gasteiger partial charge in [-0.25, -0.2) is 4.98 Å². The Kier molecular flexibility index (Phi) is 2.47. The van der Waals surface area contributed by atoms with Crippen LogP contribution in [0.5, 0.6) is 0 Å². The smallest absolute Gasteiger partial charge is 0.119 e. The number of aryl methyl sites for hydroxylation is 2. The quantitative estimate of drug-likeness (QED) is 0.828. The second-order valence-corrected chi connectivity index (χ2v) is 5.53. The van der Waals surface area contributed by atoms with E-state index >= 15 is 0 Å². The van der Waals surface area contributed by atoms with Crippen molar-refractivity contribution in [2.24, 2.45) is 12.8 Å². The van der Waals surface area contributed by atoms with Gasteiger partial charge in [0, 0.05) is 13.1 Å². The Bertz CT molecular complexity index is 604. The van der Waals surface area contributed by atoms with E-state index in [2.05, 4.69) is 43.7 Å². The Labute approximate surface area is 107 Å². The zero-order valence-corrected chi connectivity index (χ0v) is 11.1. The molecule has 4 heteroatoms. The molecule has 1 saturated heterocycles. The lowest BCUT2D eigenvalue weighted by atomic mass is 9.85. The molecule has 4 nitrogen and oxygen atoms in total. The molecule has 2 unspecified atom stereocenters. The van der Waals surface area contributed by atoms with Crippen LogP contribution in [0.2, 0.25) is 0 Å². The normalized spacial score (nSPS) is 28.1. The first-order chi connectivity index (χ1) is 8.52. The van der Waals surface area contributed by atoms with Crippen molar-refractivity contribution in [1.29, 1.82) is 0 Å². The molecule has 1 aromatic heterocycles. The summed E-state index contributed by atoms with van der Waals surface area (Å²) in [5, 5.41) is 0. The van der Waals surface area contributed by atoms with Gasteiger partial charge in [0.2, 0.25) is 0 Å². The minimum absolute atomic E-state index is 0.00843. The largest absolute Gasteiger partial charge is 0.379 e. The molecule has 1 fully saturated rings. The summed E-state index contributed by atoms with van der Waals surface area (Å²) in [4.78, 5) is 4.78. The highest BCUT2D eigenvalue weighted by Gasteiger charge is 2.42. The molecule has 1 aromatic carbocycles. The van der Waals surface area contributed by atoms with Crippen molar-refractivity contribution in [3.63, 3.8) is 0 Å². The molecule has 2 aromatic rings. The van der Waals surface area contributed by atoms with Gasteiger partial charge in [0.15, 0.2) is 0 Å². The van der Waals surface area contributed by atoms with Crippen molar-refractivity contribution in [3.05, 3.63) is 29.6 Å². The summed E-state index contributed by atoms with van der Waals surface area (Å²) in [6.45, 7) is 5.47. The Morgan fingerprint density at radius 1 is 1.50 bits per heavy atom. The third-order valence-corrected chi connectivity index (χ3v) is 4.06. The van der Waals surface area contributed by atoms with Crippen LogP contribution in [0.4, 0.5) is 0 Å². The van der Waals surface area contributed by atoms with E-state index in [1.165, 1.54) is 5.56 Å². The molecule has 2 atom stereocenters. The van der Waals surface area contributed by atoms with Gasteiger partial charge in [-0.2, -0.15) is 0 Å². The summed E-state index contributed by atoms with van der Waals surface area (Å²) >= 11 is 0. The van der Waals surface area contributed by atoms with Crippen LogP contribution in [-0.4, -0.2) is 28.8 Å². The van der Waals surface area contributed by atoms with Gasteiger partial charge in [0.05, 0.1) is 29.7 Å². The zero-order chi connectivity index (χ0) is 12.9. The van der Waals surface area contributed by atoms with Gasteiger partial charge in [0.25, 0.3) is 0 Å². The van der Waals surface area contributed by atoms with E-state index in [4.69, 9.17) is 15.5 Å². The monoisotopic (exact) mass is 245 g/mol. The summed E-state index contributed by atoms with van der Waals surface area (Å²) in [5.74, 6) is 1.02. The summed E-state index contributed by atoms with van der Waals surface area (Å²) in [6, 6.07) is 6.35. The van der Waals surface area contributed by atoms with Crippen LogP contribution in [-0.2, 0) is 17.2 Å². The van der Waals surface area contributed by atoms with Gasteiger partial charge < -0.3 is 15.0 Å². The van der Waals surface area contributed by atoms with Crippen LogP contribution in [0.25, 0.3) is 11.0 Å². The average molecular weight is 245 g/mol. The second kappa shape index (κ2) is 3.80. The molecule has 0 radical (unpaired) electrons. The molecule has 1 aliphatic rings. The maximum atomic E-state index is 6.19. The molecule has 3 rings (SSSR count). The Morgan fingerprint density at radius 3 is 2.94 bits per heavy atom. The molecule has 0 spiro atoms. The fourth-order valence-corrected chi connectivity index (χ4v) is 2.74. The van der Waals surface area contributed by atoms with Gasteiger partial charge in [-0.1, -0.05) is 6.07 Å². The molecule has 0 saturated carbocycles. The Hall–Kier alpha value is -1.39. The minimum Gasteiger partial charge on any atom is -0.379 e. The fraction of sp³-hybridized carbons (Fsp3) is 0.500. The van der Waals surface area contributed by atoms with E-state index < -0.39 is 0 Å². The van der Waals surface area contributed by atoms with E-state index in [0.717, 1.165) is 16.9 Å². The summed E-state index contributed by atoms with van der Waals surface area (Å²) in [7, 11) is 2.05. The molecule has 1 aliphatic heterocycles. The van der Waals surface area contributed by atoms with Crippen LogP contribution in [0, 0.1) is 6.92 Å². The second-order valence-electron chi connectivity index (χ2n) is 5.53. The van der Waals surface area contributed by atoms with Crippen molar-refractivity contribution in [1.82, 2.24) is 9.55 Å². The van der Waals surface area contributed by atoms with E-state index in [1.807, 2.05) is 0 Å². The number of fused-ring (bicyclic) bond motifs is 1.